The molecule has 1 fully saturated rings. The van der Waals surface area contributed by atoms with Crippen LogP contribution in [0.2, 0.25) is 0 Å². The molecule has 2 heterocycles. The number of aliphatic imine (C=N–C) groups is 1. The normalized spacial score (nSPS) is 19.3. The molecule has 0 aromatic carbocycles. The van der Waals surface area contributed by atoms with Gasteiger partial charge in [0, 0.05) is 51.5 Å². The molecular weight excluding hydrogens is 481 g/mol. The van der Waals surface area contributed by atoms with Crippen LogP contribution in [0.5, 0.6) is 0 Å². The highest BCUT2D eigenvalue weighted by Gasteiger charge is 2.21. The van der Waals surface area contributed by atoms with Crippen molar-refractivity contribution in [2.75, 3.05) is 60.0 Å². The highest BCUT2D eigenvalue weighted by atomic mass is 127. The minimum atomic E-state index is 0. The van der Waals surface area contributed by atoms with E-state index in [1.54, 1.807) is 0 Å². The second-order valence-electron chi connectivity index (χ2n) is 8.17. The number of ether oxygens (including phenoxy) is 1. The van der Waals surface area contributed by atoms with E-state index < -0.39 is 0 Å². The maximum atomic E-state index is 5.95. The quantitative estimate of drug-likeness (QED) is 0.292. The third-order valence-electron chi connectivity index (χ3n) is 4.84. The monoisotopic (exact) mass is 521 g/mol. The Labute approximate surface area is 193 Å². The molecule has 2 rings (SSSR count). The fourth-order valence-electron chi connectivity index (χ4n) is 3.50. The first-order valence-corrected chi connectivity index (χ1v) is 10.4. The van der Waals surface area contributed by atoms with Gasteiger partial charge < -0.3 is 20.3 Å². The van der Waals surface area contributed by atoms with Crippen molar-refractivity contribution in [3.63, 3.8) is 0 Å². The van der Waals surface area contributed by atoms with Crippen LogP contribution in [0.1, 0.15) is 32.4 Å². The van der Waals surface area contributed by atoms with Gasteiger partial charge in [0.15, 0.2) is 5.96 Å². The number of likely N-dealkylation sites (N-methyl/N-ethyl adjacent to an activating group) is 1. The molecule has 0 spiro atoms. The first-order valence-electron chi connectivity index (χ1n) is 10.4. The fraction of sp³-hybridized carbons (Fsp3) is 0.800. The standard InChI is InChI=1S/C20H39N7O.HI/c1-7-21-20(22-11-18-15-27(8-9-28-18)13-16(2)3)23-12-19(25(4)5)17-10-24-26(6)14-17;/h10,14,16,18-19H,7-9,11-13,15H2,1-6H3,(H2,21,22,23);1H. The molecular formula is C20H40IN7O. The average Bonchev–Trinajstić information content (AvgIpc) is 3.05. The number of nitrogens with zero attached hydrogens (tertiary/aromatic N) is 5. The summed E-state index contributed by atoms with van der Waals surface area (Å²) in [7, 11) is 6.09. The lowest BCUT2D eigenvalue weighted by Gasteiger charge is -2.34. The minimum absolute atomic E-state index is 0. The zero-order valence-electron chi connectivity index (χ0n) is 18.9. The van der Waals surface area contributed by atoms with Crippen LogP contribution < -0.4 is 10.6 Å². The molecule has 168 valence electrons. The fourth-order valence-corrected chi connectivity index (χ4v) is 3.50. The number of halogens is 1. The Bertz CT molecular complexity index is 605. The van der Waals surface area contributed by atoms with Crippen LogP contribution in [0.3, 0.4) is 0 Å². The Hall–Kier alpha value is -0.910. The summed E-state index contributed by atoms with van der Waals surface area (Å²) >= 11 is 0. The van der Waals surface area contributed by atoms with Gasteiger partial charge in [0.05, 0.1) is 31.5 Å². The van der Waals surface area contributed by atoms with E-state index >= 15 is 0 Å². The van der Waals surface area contributed by atoms with Crippen LogP contribution in [-0.2, 0) is 11.8 Å². The molecule has 0 saturated carbocycles. The van der Waals surface area contributed by atoms with Crippen LogP contribution in [0.15, 0.2) is 17.4 Å². The third-order valence-corrected chi connectivity index (χ3v) is 4.84. The van der Waals surface area contributed by atoms with Crippen LogP contribution in [0.4, 0.5) is 0 Å². The zero-order chi connectivity index (χ0) is 20.5. The molecule has 2 N–H and O–H groups in total. The molecule has 0 bridgehead atoms. The van der Waals surface area contributed by atoms with E-state index in [2.05, 4.69) is 66.6 Å². The number of guanidine groups is 1. The molecule has 1 aliphatic rings. The molecule has 1 saturated heterocycles. The average molecular weight is 521 g/mol. The number of aromatic nitrogens is 2. The summed E-state index contributed by atoms with van der Waals surface area (Å²) in [5, 5.41) is 11.1. The smallest absolute Gasteiger partial charge is 0.191 e. The summed E-state index contributed by atoms with van der Waals surface area (Å²) in [5.74, 6) is 1.52. The first-order chi connectivity index (χ1) is 13.4. The third kappa shape index (κ3) is 9.18. The second kappa shape index (κ2) is 13.4. The number of aryl methyl sites for hydroxylation is 1. The Morgan fingerprint density at radius 1 is 1.38 bits per heavy atom. The number of hydrogen-bond acceptors (Lipinski definition) is 5. The van der Waals surface area contributed by atoms with E-state index in [0.717, 1.165) is 45.3 Å². The predicted molar refractivity (Wildman–Crippen MR) is 130 cm³/mol. The Morgan fingerprint density at radius 2 is 2.14 bits per heavy atom. The van der Waals surface area contributed by atoms with Crippen molar-refractivity contribution in [3.05, 3.63) is 18.0 Å². The topological polar surface area (TPSA) is 70.0 Å². The van der Waals surface area contributed by atoms with Crippen LogP contribution in [0, 0.1) is 5.92 Å². The molecule has 0 aliphatic carbocycles. The molecule has 1 aromatic rings. The van der Waals surface area contributed by atoms with Crippen molar-refractivity contribution in [3.8, 4) is 0 Å². The van der Waals surface area contributed by atoms with Gasteiger partial charge in [0.25, 0.3) is 0 Å². The molecule has 0 amide bonds. The lowest BCUT2D eigenvalue weighted by Crippen LogP contribution is -2.50. The van der Waals surface area contributed by atoms with E-state index in [9.17, 15) is 0 Å². The van der Waals surface area contributed by atoms with Gasteiger partial charge in [0.1, 0.15) is 0 Å². The Balaban J connectivity index is 0.00000420. The van der Waals surface area contributed by atoms with Crippen LogP contribution in [0.25, 0.3) is 0 Å². The molecule has 2 atom stereocenters. The largest absolute Gasteiger partial charge is 0.374 e. The molecule has 2 unspecified atom stereocenters. The van der Waals surface area contributed by atoms with Gasteiger partial charge in [-0.2, -0.15) is 5.10 Å². The SMILES string of the molecule is CCNC(=NCC(c1cnn(C)c1)N(C)C)NCC1CN(CC(C)C)CCO1.I. The number of hydrogen-bond donors (Lipinski definition) is 2. The number of morpholine rings is 1. The summed E-state index contributed by atoms with van der Waals surface area (Å²) in [6.45, 7) is 12.8. The number of rotatable bonds is 9. The molecule has 1 aliphatic heterocycles. The lowest BCUT2D eigenvalue weighted by molar-refractivity contribution is -0.0284. The highest BCUT2D eigenvalue weighted by molar-refractivity contribution is 14.0. The minimum Gasteiger partial charge on any atom is -0.374 e. The lowest BCUT2D eigenvalue weighted by atomic mass is 10.1. The van der Waals surface area contributed by atoms with E-state index in [4.69, 9.17) is 9.73 Å². The van der Waals surface area contributed by atoms with Gasteiger partial charge in [0.2, 0.25) is 0 Å². The van der Waals surface area contributed by atoms with Gasteiger partial charge >= 0.3 is 0 Å². The van der Waals surface area contributed by atoms with Crippen LogP contribution in [-0.4, -0.2) is 91.6 Å². The molecule has 8 nitrogen and oxygen atoms in total. The maximum absolute atomic E-state index is 5.95. The van der Waals surface area contributed by atoms with E-state index in [1.807, 2.05) is 17.9 Å². The molecule has 0 radical (unpaired) electrons. The maximum Gasteiger partial charge on any atom is 0.191 e. The summed E-state index contributed by atoms with van der Waals surface area (Å²) in [6.07, 6.45) is 4.17. The highest BCUT2D eigenvalue weighted by Crippen LogP contribution is 2.17. The van der Waals surface area contributed by atoms with Crippen molar-refractivity contribution < 1.29 is 4.74 Å². The predicted octanol–water partition coefficient (Wildman–Crippen LogP) is 1.55. The molecule has 1 aromatic heterocycles. The summed E-state index contributed by atoms with van der Waals surface area (Å²) in [6, 6.07) is 0.191. The van der Waals surface area contributed by atoms with Crippen molar-refractivity contribution in [2.24, 2.45) is 18.0 Å². The summed E-state index contributed by atoms with van der Waals surface area (Å²) in [5.41, 5.74) is 1.17. The molecule has 9 heteroatoms. The Morgan fingerprint density at radius 3 is 2.72 bits per heavy atom. The van der Waals surface area contributed by atoms with E-state index in [0.29, 0.717) is 12.5 Å². The Kier molecular flexibility index (Phi) is 12.1. The summed E-state index contributed by atoms with van der Waals surface area (Å²) < 4.78 is 7.78. The van der Waals surface area contributed by atoms with Gasteiger partial charge in [-0.25, -0.2) is 0 Å². The second-order valence-corrected chi connectivity index (χ2v) is 8.17. The number of nitrogens with one attached hydrogen (secondary N) is 2. The van der Waals surface area contributed by atoms with Gasteiger partial charge in [-0.1, -0.05) is 13.8 Å². The first kappa shape index (κ1) is 26.1. The van der Waals surface area contributed by atoms with Crippen molar-refractivity contribution >= 4 is 29.9 Å². The van der Waals surface area contributed by atoms with Gasteiger partial charge in [-0.15, -0.1) is 24.0 Å². The molecule has 29 heavy (non-hydrogen) atoms. The van der Waals surface area contributed by atoms with Crippen molar-refractivity contribution in [1.82, 2.24) is 30.2 Å². The summed E-state index contributed by atoms with van der Waals surface area (Å²) in [4.78, 5) is 9.49. The van der Waals surface area contributed by atoms with E-state index in [1.165, 1.54) is 5.56 Å². The van der Waals surface area contributed by atoms with Crippen molar-refractivity contribution in [2.45, 2.75) is 32.9 Å². The zero-order valence-corrected chi connectivity index (χ0v) is 21.2. The van der Waals surface area contributed by atoms with Gasteiger partial charge in [-0.05, 0) is 26.9 Å². The van der Waals surface area contributed by atoms with Crippen molar-refractivity contribution in [1.29, 1.82) is 0 Å². The van der Waals surface area contributed by atoms with Crippen LogP contribution >= 0.6 is 24.0 Å². The van der Waals surface area contributed by atoms with Gasteiger partial charge in [-0.3, -0.25) is 14.6 Å². The van der Waals surface area contributed by atoms with E-state index in [-0.39, 0.29) is 36.1 Å².